The highest BCUT2D eigenvalue weighted by atomic mass is 16.6. The van der Waals surface area contributed by atoms with Crippen LogP contribution < -0.4 is 0 Å². The van der Waals surface area contributed by atoms with Gasteiger partial charge in [0.05, 0.1) is 18.8 Å². The van der Waals surface area contributed by atoms with Crippen LogP contribution in [-0.2, 0) is 19.0 Å². The first kappa shape index (κ1) is 16.9. The topological polar surface area (TPSA) is 51.2 Å². The van der Waals surface area contributed by atoms with E-state index >= 15 is 0 Å². The second-order valence-corrected chi connectivity index (χ2v) is 6.59. The Hall–Kier alpha value is -0.950. The van der Waals surface area contributed by atoms with Crippen LogP contribution in [0.4, 0.5) is 0 Å². The van der Waals surface area contributed by atoms with Gasteiger partial charge in [0.25, 0.3) is 0 Å². The quantitative estimate of drug-likeness (QED) is 0.712. The molecule has 3 aliphatic rings. The minimum Gasteiger partial charge on any atom is -0.379 e. The molecule has 0 aromatic heterocycles. The molecule has 3 rings (SSSR count). The highest BCUT2D eigenvalue weighted by Crippen LogP contribution is 2.37. The summed E-state index contributed by atoms with van der Waals surface area (Å²) in [6.45, 7) is 6.44. The number of ether oxygens (including phenoxy) is 3. The summed E-state index contributed by atoms with van der Waals surface area (Å²) in [5.74, 6) is 0.0770. The van der Waals surface area contributed by atoms with Crippen molar-refractivity contribution in [3.05, 3.63) is 12.2 Å². The summed E-state index contributed by atoms with van der Waals surface area (Å²) in [7, 11) is 1.72. The number of methoxy groups -OCH3 is 1. The maximum Gasteiger partial charge on any atom is 0.246 e. The average Bonchev–Trinajstić information content (AvgIpc) is 3.05. The summed E-state index contributed by atoms with van der Waals surface area (Å²) in [6.07, 6.45) is 6.65. The van der Waals surface area contributed by atoms with Gasteiger partial charge in [-0.3, -0.25) is 9.69 Å². The van der Waals surface area contributed by atoms with E-state index in [1.54, 1.807) is 13.2 Å². The van der Waals surface area contributed by atoms with Crippen molar-refractivity contribution in [3.63, 3.8) is 0 Å². The van der Waals surface area contributed by atoms with Gasteiger partial charge in [-0.15, -0.1) is 0 Å². The first-order valence-corrected chi connectivity index (χ1v) is 8.66. The molecule has 0 unspecified atom stereocenters. The van der Waals surface area contributed by atoms with Crippen molar-refractivity contribution in [1.82, 2.24) is 9.80 Å². The van der Waals surface area contributed by atoms with Gasteiger partial charge in [-0.2, -0.15) is 0 Å². The van der Waals surface area contributed by atoms with Gasteiger partial charge in [0.1, 0.15) is 6.10 Å². The Labute approximate surface area is 138 Å². The van der Waals surface area contributed by atoms with E-state index in [1.165, 1.54) is 0 Å². The molecule has 3 aliphatic heterocycles. The summed E-state index contributed by atoms with van der Waals surface area (Å²) in [5.41, 5.74) is -0.164. The Kier molecular flexibility index (Phi) is 5.69. The van der Waals surface area contributed by atoms with E-state index in [1.807, 2.05) is 11.0 Å². The van der Waals surface area contributed by atoms with Crippen molar-refractivity contribution in [1.29, 1.82) is 0 Å². The molecule has 3 fully saturated rings. The van der Waals surface area contributed by atoms with Gasteiger partial charge in [-0.25, -0.2) is 0 Å². The van der Waals surface area contributed by atoms with Crippen LogP contribution in [0, 0.1) is 0 Å². The van der Waals surface area contributed by atoms with Crippen LogP contribution in [0.2, 0.25) is 0 Å². The molecule has 130 valence electrons. The van der Waals surface area contributed by atoms with Crippen LogP contribution in [0.3, 0.4) is 0 Å². The van der Waals surface area contributed by atoms with Crippen LogP contribution in [0.5, 0.6) is 0 Å². The fourth-order valence-corrected chi connectivity index (χ4v) is 3.79. The molecule has 3 heterocycles. The van der Waals surface area contributed by atoms with Crippen LogP contribution in [0.1, 0.15) is 19.3 Å². The van der Waals surface area contributed by atoms with E-state index in [9.17, 15) is 4.79 Å². The molecule has 0 aliphatic carbocycles. The average molecular weight is 324 g/mol. The van der Waals surface area contributed by atoms with Crippen LogP contribution in [0.15, 0.2) is 12.2 Å². The standard InChI is InChI=1S/C17H28N2O4/c1-21-15-14-19(8-6-17(15)5-3-11-23-17)16(20)4-2-7-18-9-12-22-13-10-18/h2,4,15H,3,5-14H2,1H3/b4-2+/t15-,17-/m0/s1. The molecule has 2 atom stereocenters. The molecule has 1 spiro atoms. The van der Waals surface area contributed by atoms with Crippen molar-refractivity contribution in [3.8, 4) is 0 Å². The third kappa shape index (κ3) is 3.94. The lowest BCUT2D eigenvalue weighted by atomic mass is 9.86. The van der Waals surface area contributed by atoms with E-state index in [0.717, 1.165) is 65.3 Å². The summed E-state index contributed by atoms with van der Waals surface area (Å²) >= 11 is 0. The number of amides is 1. The zero-order chi connectivity index (χ0) is 16.1. The molecule has 0 bridgehead atoms. The minimum atomic E-state index is -0.164. The van der Waals surface area contributed by atoms with E-state index < -0.39 is 0 Å². The number of likely N-dealkylation sites (tertiary alicyclic amines) is 1. The summed E-state index contributed by atoms with van der Waals surface area (Å²) < 4.78 is 16.9. The van der Waals surface area contributed by atoms with Crippen LogP contribution in [-0.4, -0.2) is 87.1 Å². The van der Waals surface area contributed by atoms with Gasteiger partial charge in [0, 0.05) is 52.5 Å². The van der Waals surface area contributed by atoms with Gasteiger partial charge in [0.15, 0.2) is 0 Å². The fourth-order valence-electron chi connectivity index (χ4n) is 3.79. The van der Waals surface area contributed by atoms with Crippen LogP contribution in [0.25, 0.3) is 0 Å². The zero-order valence-corrected chi connectivity index (χ0v) is 14.0. The van der Waals surface area contributed by atoms with Crippen molar-refractivity contribution >= 4 is 5.91 Å². The Morgan fingerprint density at radius 1 is 1.26 bits per heavy atom. The summed E-state index contributed by atoms with van der Waals surface area (Å²) in [6, 6.07) is 0. The first-order chi connectivity index (χ1) is 11.2. The number of rotatable bonds is 4. The van der Waals surface area contributed by atoms with E-state index in [-0.39, 0.29) is 17.6 Å². The Bertz CT molecular complexity index is 428. The molecule has 0 aromatic rings. The molecule has 0 N–H and O–H groups in total. The smallest absolute Gasteiger partial charge is 0.246 e. The Morgan fingerprint density at radius 3 is 2.78 bits per heavy atom. The lowest BCUT2D eigenvalue weighted by Gasteiger charge is -2.44. The van der Waals surface area contributed by atoms with E-state index in [4.69, 9.17) is 14.2 Å². The van der Waals surface area contributed by atoms with Gasteiger partial charge >= 0.3 is 0 Å². The number of hydrogen-bond donors (Lipinski definition) is 0. The predicted octanol–water partition coefficient (Wildman–Crippen LogP) is 0.671. The second-order valence-electron chi connectivity index (χ2n) is 6.59. The molecule has 0 saturated carbocycles. The predicted molar refractivity (Wildman–Crippen MR) is 86.3 cm³/mol. The lowest BCUT2D eigenvalue weighted by Crippen LogP contribution is -2.57. The SMILES string of the molecule is CO[C@H]1CN(C(=O)/C=C/CN2CCOCC2)CC[C@@]12CCCO2. The normalized spacial score (nSPS) is 32.9. The molecular formula is C17H28N2O4. The van der Waals surface area contributed by atoms with E-state index in [2.05, 4.69) is 4.90 Å². The third-order valence-electron chi connectivity index (χ3n) is 5.24. The molecule has 6 heteroatoms. The van der Waals surface area contributed by atoms with Crippen LogP contribution >= 0.6 is 0 Å². The zero-order valence-electron chi connectivity index (χ0n) is 14.0. The Balaban J connectivity index is 1.50. The number of hydrogen-bond acceptors (Lipinski definition) is 5. The number of carbonyl (C=O) groups excluding carboxylic acids is 1. The van der Waals surface area contributed by atoms with Gasteiger partial charge in [0.2, 0.25) is 5.91 Å². The monoisotopic (exact) mass is 324 g/mol. The van der Waals surface area contributed by atoms with Gasteiger partial charge < -0.3 is 19.1 Å². The number of carbonyl (C=O) groups is 1. The summed E-state index contributed by atoms with van der Waals surface area (Å²) in [4.78, 5) is 16.6. The van der Waals surface area contributed by atoms with Crippen molar-refractivity contribution < 1.29 is 19.0 Å². The second kappa shape index (κ2) is 7.75. The Morgan fingerprint density at radius 2 is 2.09 bits per heavy atom. The third-order valence-corrected chi connectivity index (χ3v) is 5.24. The van der Waals surface area contributed by atoms with Gasteiger partial charge in [-0.05, 0) is 19.3 Å². The first-order valence-electron chi connectivity index (χ1n) is 8.66. The maximum absolute atomic E-state index is 12.4. The lowest BCUT2D eigenvalue weighted by molar-refractivity contribution is -0.155. The van der Waals surface area contributed by atoms with Crippen molar-refractivity contribution in [2.24, 2.45) is 0 Å². The van der Waals surface area contributed by atoms with E-state index in [0.29, 0.717) is 6.54 Å². The number of nitrogens with zero attached hydrogens (tertiary/aromatic N) is 2. The minimum absolute atomic E-state index is 0.0182. The summed E-state index contributed by atoms with van der Waals surface area (Å²) in [5, 5.41) is 0. The molecule has 0 radical (unpaired) electrons. The highest BCUT2D eigenvalue weighted by Gasteiger charge is 2.47. The molecular weight excluding hydrogens is 296 g/mol. The largest absolute Gasteiger partial charge is 0.379 e. The number of piperidine rings is 1. The highest BCUT2D eigenvalue weighted by molar-refractivity contribution is 5.87. The maximum atomic E-state index is 12.4. The van der Waals surface area contributed by atoms with Gasteiger partial charge in [-0.1, -0.05) is 6.08 Å². The molecule has 0 aromatic carbocycles. The number of morpholine rings is 1. The molecule has 1 amide bonds. The molecule has 6 nitrogen and oxygen atoms in total. The molecule has 3 saturated heterocycles. The van der Waals surface area contributed by atoms with Crippen molar-refractivity contribution in [2.75, 3.05) is 59.7 Å². The van der Waals surface area contributed by atoms with Crippen molar-refractivity contribution in [2.45, 2.75) is 31.0 Å². The molecule has 23 heavy (non-hydrogen) atoms. The fraction of sp³-hybridized carbons (Fsp3) is 0.824.